The molecule has 0 fully saturated rings. The van der Waals surface area contributed by atoms with E-state index in [9.17, 15) is 22.6 Å². The van der Waals surface area contributed by atoms with E-state index < -0.39 is 45.0 Å². The lowest BCUT2D eigenvalue weighted by Crippen LogP contribution is -2.46. The summed E-state index contributed by atoms with van der Waals surface area (Å²) in [7, 11) is -3.12. The number of amides is 2. The standard InChI is InChI=1S/C32H38F2N4O6S/c1-19(2)29(37-31(40)44-32(3,4)5)30(39)38-45(6,41)18-20-12-22-15-23(13-20)42-10-7-11-43-27-14-21(33)8-9-24(27)25-16-28(36-22)35-17-26(25)34/h8-9,12-17,19,29H,7,10-11,18H2,1-6H3,(H,35,36)(H,37,40)/t29-,45?/m0/s1. The number of aromatic nitrogens is 1. The van der Waals surface area contributed by atoms with Crippen molar-refractivity contribution in [1.29, 1.82) is 0 Å². The number of ether oxygens (including phenoxy) is 3. The maximum Gasteiger partial charge on any atom is 0.408 e. The van der Waals surface area contributed by atoms with Gasteiger partial charge in [0.2, 0.25) is 0 Å². The van der Waals surface area contributed by atoms with Gasteiger partial charge < -0.3 is 24.8 Å². The van der Waals surface area contributed by atoms with Gasteiger partial charge in [0.25, 0.3) is 5.91 Å². The van der Waals surface area contributed by atoms with Crippen molar-refractivity contribution in [3.05, 3.63) is 65.9 Å². The van der Waals surface area contributed by atoms with Gasteiger partial charge >= 0.3 is 6.09 Å². The zero-order chi connectivity index (χ0) is 32.9. The SMILES string of the molecule is CC(C)[C@H](NC(=O)OC(C)(C)C)C(=O)N=S(C)(=O)Cc1cc2cc(c1)OCCCOc1cc(F)ccc1-c1cc(ncc1F)N2. The molecule has 242 valence electrons. The van der Waals surface area contributed by atoms with Crippen LogP contribution in [-0.4, -0.2) is 52.3 Å². The number of halogens is 2. The molecule has 1 unspecified atom stereocenters. The number of alkyl carbamates (subject to hydrolysis) is 1. The third kappa shape index (κ3) is 9.61. The molecule has 0 spiro atoms. The number of benzene rings is 2. The van der Waals surface area contributed by atoms with E-state index in [1.165, 1.54) is 30.5 Å². The van der Waals surface area contributed by atoms with Gasteiger partial charge in [0.05, 0.1) is 34.9 Å². The van der Waals surface area contributed by atoms with E-state index in [2.05, 4.69) is 20.0 Å². The number of hydrogen-bond donors (Lipinski definition) is 2. The van der Waals surface area contributed by atoms with Crippen LogP contribution in [0.15, 0.2) is 53.0 Å². The zero-order valence-electron chi connectivity index (χ0n) is 26.1. The monoisotopic (exact) mass is 644 g/mol. The molecule has 2 atom stereocenters. The Labute approximate surface area is 262 Å². The largest absolute Gasteiger partial charge is 0.493 e. The molecule has 0 saturated carbocycles. The Balaban J connectivity index is 1.63. The first-order valence-corrected chi connectivity index (χ1v) is 16.5. The fourth-order valence-corrected chi connectivity index (χ4v) is 5.91. The molecule has 1 aliphatic rings. The van der Waals surface area contributed by atoms with Crippen LogP contribution in [0, 0.1) is 17.6 Å². The van der Waals surface area contributed by atoms with Crippen LogP contribution in [0.5, 0.6) is 11.5 Å². The summed E-state index contributed by atoms with van der Waals surface area (Å²) in [4.78, 5) is 29.6. The summed E-state index contributed by atoms with van der Waals surface area (Å²) >= 11 is 0. The van der Waals surface area contributed by atoms with Crippen molar-refractivity contribution in [3.63, 3.8) is 0 Å². The average molecular weight is 645 g/mol. The molecule has 45 heavy (non-hydrogen) atoms. The summed E-state index contributed by atoms with van der Waals surface area (Å²) in [6, 6.07) is 9.44. The lowest BCUT2D eigenvalue weighted by Gasteiger charge is -2.24. The lowest BCUT2D eigenvalue weighted by atomic mass is 10.0. The maximum absolute atomic E-state index is 14.9. The van der Waals surface area contributed by atoms with Crippen LogP contribution < -0.4 is 20.1 Å². The molecule has 2 amide bonds. The molecular formula is C32H38F2N4O6S. The second-order valence-corrected chi connectivity index (χ2v) is 14.5. The summed E-state index contributed by atoms with van der Waals surface area (Å²) in [6.45, 7) is 9.01. The predicted octanol–water partition coefficient (Wildman–Crippen LogP) is 6.61. The summed E-state index contributed by atoms with van der Waals surface area (Å²) in [5.41, 5.74) is 0.826. The molecule has 10 nitrogen and oxygen atoms in total. The minimum atomic E-state index is -3.12. The van der Waals surface area contributed by atoms with Crippen LogP contribution in [0.2, 0.25) is 0 Å². The highest BCUT2D eigenvalue weighted by molar-refractivity contribution is 7.92. The number of anilines is 2. The number of nitrogens with zero attached hydrogens (tertiary/aromatic N) is 2. The van der Waals surface area contributed by atoms with Crippen molar-refractivity contribution in [1.82, 2.24) is 10.3 Å². The van der Waals surface area contributed by atoms with Crippen molar-refractivity contribution >= 4 is 33.2 Å². The number of rotatable bonds is 5. The lowest BCUT2D eigenvalue weighted by molar-refractivity contribution is -0.120. The third-order valence-electron chi connectivity index (χ3n) is 6.47. The van der Waals surface area contributed by atoms with Gasteiger partial charge in [0.1, 0.15) is 40.6 Å². The summed E-state index contributed by atoms with van der Waals surface area (Å²) in [6.07, 6.45) is 2.08. The van der Waals surface area contributed by atoms with Gasteiger partial charge in [0.15, 0.2) is 0 Å². The molecule has 13 heteroatoms. The number of hydrogen-bond acceptors (Lipinski definition) is 8. The van der Waals surface area contributed by atoms with Crippen molar-refractivity contribution in [2.24, 2.45) is 10.3 Å². The minimum Gasteiger partial charge on any atom is -0.493 e. The van der Waals surface area contributed by atoms with Gasteiger partial charge in [-0.25, -0.2) is 22.8 Å². The Morgan fingerprint density at radius 2 is 1.82 bits per heavy atom. The first-order valence-electron chi connectivity index (χ1n) is 14.4. The van der Waals surface area contributed by atoms with Gasteiger partial charge in [0, 0.05) is 41.6 Å². The van der Waals surface area contributed by atoms with Gasteiger partial charge in [-0.15, -0.1) is 0 Å². The highest BCUT2D eigenvalue weighted by Gasteiger charge is 2.28. The van der Waals surface area contributed by atoms with Crippen molar-refractivity contribution in [2.75, 3.05) is 24.8 Å². The quantitative estimate of drug-likeness (QED) is 0.318. The smallest absolute Gasteiger partial charge is 0.408 e. The topological polar surface area (TPSA) is 128 Å². The molecule has 2 N–H and O–H groups in total. The average Bonchev–Trinajstić information content (AvgIpc) is 2.90. The third-order valence-corrected chi connectivity index (χ3v) is 7.90. The Morgan fingerprint density at radius 1 is 1.09 bits per heavy atom. The molecule has 2 heterocycles. The summed E-state index contributed by atoms with van der Waals surface area (Å²) in [5.74, 6) is -1.38. The predicted molar refractivity (Wildman–Crippen MR) is 168 cm³/mol. The molecular weight excluding hydrogens is 606 g/mol. The van der Waals surface area contributed by atoms with Crippen LogP contribution >= 0.6 is 0 Å². The Bertz CT molecular complexity index is 1700. The number of carbonyl (C=O) groups excluding carboxylic acids is 2. The van der Waals surface area contributed by atoms with E-state index in [0.29, 0.717) is 29.0 Å². The Kier molecular flexibility index (Phi) is 10.3. The highest BCUT2D eigenvalue weighted by atomic mass is 32.2. The number of fused-ring (bicyclic) bond motifs is 6. The van der Waals surface area contributed by atoms with Gasteiger partial charge in [-0.3, -0.25) is 4.79 Å². The Hall–Kier alpha value is -4.26. The van der Waals surface area contributed by atoms with Crippen molar-refractivity contribution in [2.45, 2.75) is 58.4 Å². The van der Waals surface area contributed by atoms with Crippen molar-refractivity contribution < 1.29 is 36.8 Å². The van der Waals surface area contributed by atoms with E-state index in [1.807, 2.05) is 0 Å². The number of nitrogens with one attached hydrogen (secondary N) is 2. The molecule has 4 bridgehead atoms. The zero-order valence-corrected chi connectivity index (χ0v) is 26.9. The number of pyridine rings is 1. The second-order valence-electron chi connectivity index (χ2n) is 12.1. The Morgan fingerprint density at radius 3 is 2.53 bits per heavy atom. The van der Waals surface area contributed by atoms with E-state index >= 15 is 0 Å². The molecule has 1 aromatic heterocycles. The van der Waals surface area contributed by atoms with Gasteiger partial charge in [-0.05, 0) is 62.6 Å². The number of carbonyl (C=O) groups is 2. The second kappa shape index (κ2) is 13.8. The van der Waals surface area contributed by atoms with E-state index in [-0.39, 0.29) is 42.0 Å². The van der Waals surface area contributed by atoms with Crippen LogP contribution in [0.25, 0.3) is 11.1 Å². The molecule has 1 aliphatic heterocycles. The van der Waals surface area contributed by atoms with E-state index in [1.54, 1.807) is 52.8 Å². The molecule has 0 radical (unpaired) electrons. The molecule has 3 aromatic rings. The van der Waals surface area contributed by atoms with E-state index in [0.717, 1.165) is 6.20 Å². The van der Waals surface area contributed by atoms with Crippen LogP contribution in [0.3, 0.4) is 0 Å². The molecule has 0 aliphatic carbocycles. The first kappa shape index (κ1) is 33.6. The van der Waals surface area contributed by atoms with Gasteiger partial charge in [-0.1, -0.05) is 13.8 Å². The molecule has 2 aromatic carbocycles. The normalized spacial score (nSPS) is 15.1. The summed E-state index contributed by atoms with van der Waals surface area (Å²) in [5, 5.41) is 5.66. The van der Waals surface area contributed by atoms with Crippen LogP contribution in [-0.2, 0) is 25.0 Å². The van der Waals surface area contributed by atoms with Crippen LogP contribution in [0.4, 0.5) is 25.1 Å². The van der Waals surface area contributed by atoms with Gasteiger partial charge in [-0.2, -0.15) is 4.36 Å². The maximum atomic E-state index is 14.9. The minimum absolute atomic E-state index is 0.105. The van der Waals surface area contributed by atoms with Crippen molar-refractivity contribution in [3.8, 4) is 22.6 Å². The summed E-state index contributed by atoms with van der Waals surface area (Å²) < 4.78 is 63.6. The fourth-order valence-electron chi connectivity index (χ4n) is 4.57. The van der Waals surface area contributed by atoms with Crippen LogP contribution in [0.1, 0.15) is 46.6 Å². The van der Waals surface area contributed by atoms with E-state index in [4.69, 9.17) is 14.2 Å². The first-order chi connectivity index (χ1) is 21.1. The molecule has 4 rings (SSSR count). The molecule has 0 saturated heterocycles. The highest BCUT2D eigenvalue weighted by Crippen LogP contribution is 2.35. The fraction of sp³-hybridized carbons (Fsp3) is 0.406.